The number of morpholine rings is 1. The van der Waals surface area contributed by atoms with Crippen LogP contribution in [0.2, 0.25) is 0 Å². The number of methoxy groups -OCH3 is 1. The van der Waals surface area contributed by atoms with E-state index in [9.17, 15) is 8.42 Å². The van der Waals surface area contributed by atoms with Gasteiger partial charge in [0.15, 0.2) is 0 Å². The predicted molar refractivity (Wildman–Crippen MR) is 71.2 cm³/mol. The molecule has 0 amide bonds. The summed E-state index contributed by atoms with van der Waals surface area (Å²) in [7, 11) is -1.78. The quantitative estimate of drug-likeness (QED) is 0.651. The van der Waals surface area contributed by atoms with Crippen molar-refractivity contribution in [1.29, 1.82) is 0 Å². The monoisotopic (exact) mass is 293 g/mol. The van der Waals surface area contributed by atoms with Gasteiger partial charge in [0.25, 0.3) is 10.2 Å². The van der Waals surface area contributed by atoms with Crippen molar-refractivity contribution in [2.24, 2.45) is 0 Å². The maximum absolute atomic E-state index is 12.2. The Morgan fingerprint density at radius 1 is 1.42 bits per heavy atom. The first-order valence-electron chi connectivity index (χ1n) is 6.64. The van der Waals surface area contributed by atoms with Gasteiger partial charge in [-0.3, -0.25) is 0 Å². The molecule has 8 heteroatoms. The van der Waals surface area contributed by atoms with E-state index in [0.29, 0.717) is 39.5 Å². The molecule has 112 valence electrons. The van der Waals surface area contributed by atoms with Gasteiger partial charge >= 0.3 is 0 Å². The molecule has 0 radical (unpaired) electrons. The molecule has 2 aliphatic rings. The molecule has 0 aromatic carbocycles. The molecule has 2 rings (SSSR count). The highest BCUT2D eigenvalue weighted by Crippen LogP contribution is 2.19. The van der Waals surface area contributed by atoms with Gasteiger partial charge in [0.05, 0.1) is 25.4 Å². The molecule has 0 bridgehead atoms. The minimum atomic E-state index is -3.42. The molecule has 0 aromatic heterocycles. The van der Waals surface area contributed by atoms with Crippen molar-refractivity contribution in [1.82, 2.24) is 14.3 Å². The van der Waals surface area contributed by atoms with Crippen LogP contribution in [0.1, 0.15) is 12.8 Å². The van der Waals surface area contributed by atoms with Crippen molar-refractivity contribution in [2.75, 3.05) is 53.1 Å². The van der Waals surface area contributed by atoms with Gasteiger partial charge in [0, 0.05) is 26.7 Å². The largest absolute Gasteiger partial charge is 0.383 e. The minimum absolute atomic E-state index is 0.270. The maximum atomic E-state index is 12.2. The van der Waals surface area contributed by atoms with E-state index >= 15 is 0 Å². The molecule has 2 heterocycles. The number of nitrogens with one attached hydrogen (secondary N) is 2. The standard InChI is InChI=1S/C11H23N3O4S/c1-17-10-11(3-2-4-12-11)9-13-19(15,16)14-5-7-18-8-6-14/h12-13H,2-10H2,1H3. The summed E-state index contributed by atoms with van der Waals surface area (Å²) < 4.78 is 38.9. The second-order valence-electron chi connectivity index (χ2n) is 5.08. The molecule has 0 aliphatic carbocycles. The van der Waals surface area contributed by atoms with Crippen LogP contribution in [0.15, 0.2) is 0 Å². The van der Waals surface area contributed by atoms with E-state index in [-0.39, 0.29) is 5.54 Å². The third-order valence-corrected chi connectivity index (χ3v) is 5.21. The molecule has 2 saturated heterocycles. The highest BCUT2D eigenvalue weighted by atomic mass is 32.2. The van der Waals surface area contributed by atoms with Crippen LogP contribution in [-0.4, -0.2) is 71.4 Å². The van der Waals surface area contributed by atoms with Gasteiger partial charge in [-0.1, -0.05) is 0 Å². The Kier molecular flexibility index (Phi) is 5.15. The number of hydrogen-bond donors (Lipinski definition) is 2. The fourth-order valence-electron chi connectivity index (χ4n) is 2.58. The zero-order valence-electron chi connectivity index (χ0n) is 11.4. The predicted octanol–water partition coefficient (Wildman–Crippen LogP) is -1.08. The minimum Gasteiger partial charge on any atom is -0.383 e. The van der Waals surface area contributed by atoms with E-state index < -0.39 is 10.2 Å². The van der Waals surface area contributed by atoms with Crippen molar-refractivity contribution in [3.63, 3.8) is 0 Å². The Labute approximate surface area is 114 Å². The lowest BCUT2D eigenvalue weighted by Gasteiger charge is -2.31. The van der Waals surface area contributed by atoms with Gasteiger partial charge in [-0.15, -0.1) is 0 Å². The van der Waals surface area contributed by atoms with Crippen LogP contribution in [0.25, 0.3) is 0 Å². The molecule has 2 fully saturated rings. The van der Waals surface area contributed by atoms with E-state index in [1.54, 1.807) is 7.11 Å². The van der Waals surface area contributed by atoms with Crippen molar-refractivity contribution in [3.05, 3.63) is 0 Å². The highest BCUT2D eigenvalue weighted by Gasteiger charge is 2.35. The molecular weight excluding hydrogens is 270 g/mol. The Morgan fingerprint density at radius 2 is 2.16 bits per heavy atom. The highest BCUT2D eigenvalue weighted by molar-refractivity contribution is 7.87. The van der Waals surface area contributed by atoms with Gasteiger partial charge in [-0.2, -0.15) is 12.7 Å². The Hall–Kier alpha value is -0.250. The molecule has 19 heavy (non-hydrogen) atoms. The van der Waals surface area contributed by atoms with Crippen LogP contribution in [0.4, 0.5) is 0 Å². The second kappa shape index (κ2) is 6.47. The fourth-order valence-corrected chi connectivity index (χ4v) is 3.85. The van der Waals surface area contributed by atoms with E-state index in [1.807, 2.05) is 0 Å². The molecule has 2 N–H and O–H groups in total. The summed E-state index contributed by atoms with van der Waals surface area (Å²) in [6.07, 6.45) is 1.97. The van der Waals surface area contributed by atoms with Crippen LogP contribution < -0.4 is 10.0 Å². The summed E-state index contributed by atoms with van der Waals surface area (Å²) in [6, 6.07) is 0. The lowest BCUT2D eigenvalue weighted by molar-refractivity contribution is 0.0720. The van der Waals surface area contributed by atoms with Gasteiger partial charge in [-0.05, 0) is 19.4 Å². The van der Waals surface area contributed by atoms with Crippen molar-refractivity contribution < 1.29 is 17.9 Å². The van der Waals surface area contributed by atoms with Gasteiger partial charge in [0.2, 0.25) is 0 Å². The van der Waals surface area contributed by atoms with Crippen LogP contribution in [-0.2, 0) is 19.7 Å². The zero-order chi connectivity index (χ0) is 13.8. The summed E-state index contributed by atoms with van der Waals surface area (Å²) in [5, 5.41) is 3.35. The van der Waals surface area contributed by atoms with Crippen molar-refractivity contribution in [2.45, 2.75) is 18.4 Å². The first-order valence-corrected chi connectivity index (χ1v) is 8.08. The van der Waals surface area contributed by atoms with E-state index in [4.69, 9.17) is 9.47 Å². The average Bonchev–Trinajstić information content (AvgIpc) is 2.87. The third-order valence-electron chi connectivity index (χ3n) is 3.66. The molecule has 1 unspecified atom stereocenters. The summed E-state index contributed by atoms with van der Waals surface area (Å²) >= 11 is 0. The van der Waals surface area contributed by atoms with E-state index in [2.05, 4.69) is 10.0 Å². The van der Waals surface area contributed by atoms with Gasteiger partial charge < -0.3 is 14.8 Å². The SMILES string of the molecule is COCC1(CNS(=O)(=O)N2CCOCC2)CCCN1. The van der Waals surface area contributed by atoms with Crippen LogP contribution in [0.5, 0.6) is 0 Å². The number of nitrogens with zero attached hydrogens (tertiary/aromatic N) is 1. The first kappa shape index (κ1) is 15.1. The molecule has 0 spiro atoms. The fraction of sp³-hybridized carbons (Fsp3) is 1.00. The lowest BCUT2D eigenvalue weighted by atomic mass is 9.99. The number of rotatable bonds is 6. The zero-order valence-corrected chi connectivity index (χ0v) is 12.2. The molecule has 0 aromatic rings. The summed E-state index contributed by atoms with van der Waals surface area (Å²) in [4.78, 5) is 0. The van der Waals surface area contributed by atoms with Crippen molar-refractivity contribution >= 4 is 10.2 Å². The smallest absolute Gasteiger partial charge is 0.279 e. The van der Waals surface area contributed by atoms with E-state index in [1.165, 1.54) is 4.31 Å². The Balaban J connectivity index is 1.92. The van der Waals surface area contributed by atoms with E-state index in [0.717, 1.165) is 19.4 Å². The van der Waals surface area contributed by atoms with Crippen LogP contribution >= 0.6 is 0 Å². The molecule has 7 nitrogen and oxygen atoms in total. The van der Waals surface area contributed by atoms with Gasteiger partial charge in [-0.25, -0.2) is 4.72 Å². The summed E-state index contributed by atoms with van der Waals surface area (Å²) in [5.74, 6) is 0. The van der Waals surface area contributed by atoms with Gasteiger partial charge in [0.1, 0.15) is 0 Å². The number of ether oxygens (including phenoxy) is 2. The Bertz CT molecular complexity index is 375. The average molecular weight is 293 g/mol. The Morgan fingerprint density at radius 3 is 2.74 bits per heavy atom. The normalized spacial score (nSPS) is 29.7. The van der Waals surface area contributed by atoms with Crippen LogP contribution in [0, 0.1) is 0 Å². The lowest BCUT2D eigenvalue weighted by Crippen LogP contribution is -2.56. The summed E-state index contributed by atoms with van der Waals surface area (Å²) in [6.45, 7) is 3.53. The summed E-state index contributed by atoms with van der Waals surface area (Å²) in [5.41, 5.74) is -0.270. The van der Waals surface area contributed by atoms with Crippen molar-refractivity contribution in [3.8, 4) is 0 Å². The number of hydrogen-bond acceptors (Lipinski definition) is 5. The third kappa shape index (κ3) is 3.87. The first-order chi connectivity index (χ1) is 9.08. The van der Waals surface area contributed by atoms with Crippen LogP contribution in [0.3, 0.4) is 0 Å². The molecule has 0 saturated carbocycles. The topological polar surface area (TPSA) is 79.9 Å². The second-order valence-corrected chi connectivity index (χ2v) is 6.84. The molecule has 1 atom stereocenters. The maximum Gasteiger partial charge on any atom is 0.279 e. The molecule has 2 aliphatic heterocycles. The molecular formula is C11H23N3O4S.